The third kappa shape index (κ3) is 4.54. The van der Waals surface area contributed by atoms with Crippen LogP contribution in [0.2, 0.25) is 0 Å². The first kappa shape index (κ1) is 17.3. The highest BCUT2D eigenvalue weighted by atomic mass is 19.1. The van der Waals surface area contributed by atoms with Gasteiger partial charge in [0.2, 0.25) is 5.88 Å². The minimum atomic E-state index is -0.398. The van der Waals surface area contributed by atoms with Crippen molar-refractivity contribution >= 4 is 5.97 Å². The molecule has 3 rings (SSSR count). The van der Waals surface area contributed by atoms with E-state index in [1.165, 1.54) is 30.5 Å². The lowest BCUT2D eigenvalue weighted by Gasteiger charge is -2.07. The molecule has 0 saturated heterocycles. The van der Waals surface area contributed by atoms with Crippen molar-refractivity contribution in [2.24, 2.45) is 0 Å². The fraction of sp³-hybridized carbons (Fsp3) is 0.105. The second kappa shape index (κ2) is 8.06. The van der Waals surface area contributed by atoms with Crippen LogP contribution in [-0.2, 0) is 4.74 Å². The van der Waals surface area contributed by atoms with E-state index in [0.717, 1.165) is 0 Å². The molecule has 0 atom stereocenters. The highest BCUT2D eigenvalue weighted by molar-refractivity contribution is 5.89. The molecule has 6 nitrogen and oxygen atoms in total. The summed E-state index contributed by atoms with van der Waals surface area (Å²) in [6.45, 7) is 2.06. The summed E-state index contributed by atoms with van der Waals surface area (Å²) in [4.78, 5) is 19.8. The van der Waals surface area contributed by atoms with Crippen LogP contribution in [0.1, 0.15) is 17.3 Å². The molecule has 1 heterocycles. The Morgan fingerprint density at radius 2 is 1.62 bits per heavy atom. The molecule has 132 valence electrons. The van der Waals surface area contributed by atoms with E-state index in [2.05, 4.69) is 9.97 Å². The molecule has 0 saturated carbocycles. The minimum absolute atomic E-state index is 0.0773. The molecule has 0 amide bonds. The van der Waals surface area contributed by atoms with Crippen molar-refractivity contribution in [3.63, 3.8) is 0 Å². The Morgan fingerprint density at radius 1 is 0.962 bits per heavy atom. The molecule has 2 aromatic carbocycles. The smallest absolute Gasteiger partial charge is 0.338 e. The van der Waals surface area contributed by atoms with Crippen LogP contribution in [0.5, 0.6) is 23.4 Å². The van der Waals surface area contributed by atoms with Gasteiger partial charge in [0.1, 0.15) is 17.3 Å². The fourth-order valence-corrected chi connectivity index (χ4v) is 2.03. The Labute approximate surface area is 149 Å². The summed E-state index contributed by atoms with van der Waals surface area (Å²) in [5, 5.41) is 0. The molecule has 0 aliphatic rings. The molecule has 26 heavy (non-hydrogen) atoms. The van der Waals surface area contributed by atoms with Gasteiger partial charge in [0.15, 0.2) is 0 Å². The Morgan fingerprint density at radius 3 is 2.31 bits per heavy atom. The lowest BCUT2D eigenvalue weighted by atomic mass is 10.2. The zero-order chi connectivity index (χ0) is 18.4. The van der Waals surface area contributed by atoms with Crippen molar-refractivity contribution in [3.8, 4) is 23.4 Å². The van der Waals surface area contributed by atoms with Gasteiger partial charge in [-0.15, -0.1) is 0 Å². The van der Waals surface area contributed by atoms with E-state index in [4.69, 9.17) is 14.2 Å². The number of benzene rings is 2. The number of halogens is 1. The van der Waals surface area contributed by atoms with Crippen molar-refractivity contribution in [1.82, 2.24) is 9.97 Å². The molecule has 0 N–H and O–H groups in total. The first-order valence-corrected chi connectivity index (χ1v) is 7.85. The first-order chi connectivity index (χ1) is 12.6. The summed E-state index contributed by atoms with van der Waals surface area (Å²) in [5.41, 5.74) is 0.425. The minimum Gasteiger partial charge on any atom is -0.462 e. The van der Waals surface area contributed by atoms with Gasteiger partial charge in [-0.3, -0.25) is 0 Å². The van der Waals surface area contributed by atoms with Crippen LogP contribution in [0.25, 0.3) is 0 Å². The number of ether oxygens (including phenoxy) is 3. The van der Waals surface area contributed by atoms with E-state index < -0.39 is 5.97 Å². The molecule has 0 spiro atoms. The zero-order valence-electron chi connectivity index (χ0n) is 13.9. The van der Waals surface area contributed by atoms with Crippen LogP contribution >= 0.6 is 0 Å². The highest BCUT2D eigenvalue weighted by Crippen LogP contribution is 2.23. The third-order valence-corrected chi connectivity index (χ3v) is 3.22. The van der Waals surface area contributed by atoms with E-state index >= 15 is 0 Å². The number of esters is 1. The van der Waals surface area contributed by atoms with Gasteiger partial charge in [0.05, 0.1) is 12.2 Å². The maximum atomic E-state index is 12.9. The molecule has 0 fully saturated rings. The van der Waals surface area contributed by atoms with Gasteiger partial charge in [0, 0.05) is 12.3 Å². The van der Waals surface area contributed by atoms with E-state index in [0.29, 0.717) is 23.7 Å². The summed E-state index contributed by atoms with van der Waals surface area (Å²) in [6, 6.07) is 13.6. The van der Waals surface area contributed by atoms with E-state index in [9.17, 15) is 9.18 Å². The van der Waals surface area contributed by atoms with Gasteiger partial charge in [-0.25, -0.2) is 14.2 Å². The van der Waals surface area contributed by atoms with Crippen molar-refractivity contribution < 1.29 is 23.4 Å². The average Bonchev–Trinajstić information content (AvgIpc) is 2.65. The van der Waals surface area contributed by atoms with Crippen LogP contribution < -0.4 is 9.47 Å². The number of rotatable bonds is 6. The number of nitrogens with zero attached hydrogens (tertiary/aromatic N) is 2. The van der Waals surface area contributed by atoms with E-state index in [1.54, 1.807) is 37.3 Å². The number of hydrogen-bond donors (Lipinski definition) is 0. The van der Waals surface area contributed by atoms with Crippen molar-refractivity contribution in [1.29, 1.82) is 0 Å². The Kier molecular flexibility index (Phi) is 5.38. The fourth-order valence-electron chi connectivity index (χ4n) is 2.03. The van der Waals surface area contributed by atoms with Gasteiger partial charge >= 0.3 is 12.0 Å². The van der Waals surface area contributed by atoms with Crippen LogP contribution in [0.15, 0.2) is 60.8 Å². The second-order valence-corrected chi connectivity index (χ2v) is 5.08. The second-order valence-electron chi connectivity index (χ2n) is 5.08. The summed E-state index contributed by atoms with van der Waals surface area (Å²) < 4.78 is 28.9. The monoisotopic (exact) mass is 354 g/mol. The molecule has 0 bridgehead atoms. The predicted molar refractivity (Wildman–Crippen MR) is 91.0 cm³/mol. The third-order valence-electron chi connectivity index (χ3n) is 3.22. The van der Waals surface area contributed by atoms with Gasteiger partial charge in [0.25, 0.3) is 0 Å². The number of aromatic nitrogens is 2. The van der Waals surface area contributed by atoms with E-state index in [-0.39, 0.29) is 17.7 Å². The first-order valence-electron chi connectivity index (χ1n) is 7.85. The lowest BCUT2D eigenvalue weighted by Crippen LogP contribution is -2.04. The maximum Gasteiger partial charge on any atom is 0.338 e. The molecule has 0 aliphatic carbocycles. The molecular weight excluding hydrogens is 339 g/mol. The standard InChI is InChI=1S/C19H15FN2O4/c1-2-24-18(23)13-3-7-16(8-4-13)26-19-21-12-11-17(22-19)25-15-9-5-14(20)6-10-15/h3-12H,2H2,1H3. The van der Waals surface area contributed by atoms with Gasteiger partial charge < -0.3 is 14.2 Å². The molecule has 0 aliphatic heterocycles. The molecule has 0 unspecified atom stereocenters. The summed E-state index contributed by atoms with van der Waals surface area (Å²) in [7, 11) is 0. The Bertz CT molecular complexity index is 883. The van der Waals surface area contributed by atoms with Crippen LogP contribution in [-0.4, -0.2) is 22.5 Å². The molecular formula is C19H15FN2O4. The number of carbonyl (C=O) groups is 1. The van der Waals surface area contributed by atoms with Crippen LogP contribution in [0, 0.1) is 5.82 Å². The van der Waals surface area contributed by atoms with E-state index in [1.807, 2.05) is 0 Å². The lowest BCUT2D eigenvalue weighted by molar-refractivity contribution is 0.0526. The largest absolute Gasteiger partial charge is 0.462 e. The van der Waals surface area contributed by atoms with Crippen molar-refractivity contribution in [2.45, 2.75) is 6.92 Å². The Hall–Kier alpha value is -3.48. The predicted octanol–water partition coefficient (Wildman–Crippen LogP) is 4.38. The summed E-state index contributed by atoms with van der Waals surface area (Å²) >= 11 is 0. The maximum absolute atomic E-state index is 12.9. The zero-order valence-corrected chi connectivity index (χ0v) is 13.9. The quantitative estimate of drug-likeness (QED) is 0.612. The summed E-state index contributed by atoms with van der Waals surface area (Å²) in [6.07, 6.45) is 1.48. The number of hydrogen-bond acceptors (Lipinski definition) is 6. The molecule has 1 aromatic heterocycles. The normalized spacial score (nSPS) is 10.2. The Balaban J connectivity index is 1.68. The molecule has 3 aromatic rings. The molecule has 7 heteroatoms. The van der Waals surface area contributed by atoms with Gasteiger partial charge in [-0.2, -0.15) is 4.98 Å². The van der Waals surface area contributed by atoms with Crippen LogP contribution in [0.4, 0.5) is 4.39 Å². The van der Waals surface area contributed by atoms with Gasteiger partial charge in [-0.05, 0) is 55.5 Å². The highest BCUT2D eigenvalue weighted by Gasteiger charge is 2.08. The van der Waals surface area contributed by atoms with Crippen molar-refractivity contribution in [2.75, 3.05) is 6.61 Å². The van der Waals surface area contributed by atoms with Gasteiger partial charge in [-0.1, -0.05) is 0 Å². The van der Waals surface area contributed by atoms with Crippen LogP contribution in [0.3, 0.4) is 0 Å². The summed E-state index contributed by atoms with van der Waals surface area (Å²) in [5.74, 6) is 0.400. The average molecular weight is 354 g/mol. The molecule has 0 radical (unpaired) electrons. The van der Waals surface area contributed by atoms with Crippen molar-refractivity contribution in [3.05, 3.63) is 72.2 Å². The SMILES string of the molecule is CCOC(=O)c1ccc(Oc2nccc(Oc3ccc(F)cc3)n2)cc1. The topological polar surface area (TPSA) is 70.5 Å². The number of carbonyl (C=O) groups excluding carboxylic acids is 1.